The summed E-state index contributed by atoms with van der Waals surface area (Å²) in [6.07, 6.45) is 0.186. The molecule has 31 heavy (non-hydrogen) atoms. The van der Waals surface area contributed by atoms with Gasteiger partial charge < -0.3 is 10.2 Å². The van der Waals surface area contributed by atoms with E-state index in [1.54, 1.807) is 48.5 Å². The molecule has 6 nitrogen and oxygen atoms in total. The number of likely N-dealkylation sites (N-methyl/N-ethyl adjacent to an activating group) is 1. The van der Waals surface area contributed by atoms with Crippen molar-refractivity contribution in [3.05, 3.63) is 76.3 Å². The molecule has 0 radical (unpaired) electrons. The van der Waals surface area contributed by atoms with Crippen molar-refractivity contribution < 1.29 is 14.4 Å². The first kappa shape index (κ1) is 21.0. The average molecular weight is 436 g/mol. The standard InChI is InChI=1S/C24H22ClN3O3/c1-27(2)10-11-28-23(30)19-5-3-4-16-13-18(14-20(22(16)19)24(28)31)26-21(29)12-15-6-8-17(25)9-7-15/h3-9,13-14H,10-12H2,1-2H3,(H,26,29). The molecule has 0 atom stereocenters. The molecule has 1 aliphatic heterocycles. The molecule has 0 saturated carbocycles. The van der Waals surface area contributed by atoms with Crippen LogP contribution in [0, 0.1) is 0 Å². The predicted molar refractivity (Wildman–Crippen MR) is 122 cm³/mol. The van der Waals surface area contributed by atoms with Crippen molar-refractivity contribution in [1.82, 2.24) is 9.80 Å². The van der Waals surface area contributed by atoms with E-state index in [-0.39, 0.29) is 24.1 Å². The molecule has 4 rings (SSSR count). The number of carbonyl (C=O) groups excluding carboxylic acids is 3. The van der Waals surface area contributed by atoms with E-state index < -0.39 is 0 Å². The lowest BCUT2D eigenvalue weighted by molar-refractivity contribution is -0.115. The molecule has 0 fully saturated rings. The molecule has 0 saturated heterocycles. The minimum absolute atomic E-state index is 0.186. The summed E-state index contributed by atoms with van der Waals surface area (Å²) in [6, 6.07) is 15.9. The molecular weight excluding hydrogens is 414 g/mol. The summed E-state index contributed by atoms with van der Waals surface area (Å²) in [6.45, 7) is 0.869. The Balaban J connectivity index is 1.65. The van der Waals surface area contributed by atoms with E-state index in [9.17, 15) is 14.4 Å². The maximum Gasteiger partial charge on any atom is 0.261 e. The average Bonchev–Trinajstić information content (AvgIpc) is 2.73. The second-order valence-electron chi connectivity index (χ2n) is 7.84. The topological polar surface area (TPSA) is 69.7 Å². The number of benzene rings is 3. The van der Waals surface area contributed by atoms with Crippen LogP contribution in [0.3, 0.4) is 0 Å². The van der Waals surface area contributed by atoms with Crippen molar-refractivity contribution in [2.24, 2.45) is 0 Å². The number of imide groups is 1. The molecule has 3 aromatic carbocycles. The van der Waals surface area contributed by atoms with E-state index in [1.165, 1.54) is 4.90 Å². The van der Waals surface area contributed by atoms with Crippen molar-refractivity contribution in [3.8, 4) is 0 Å². The predicted octanol–water partition coefficient (Wildman–Crippen LogP) is 3.83. The number of anilines is 1. The van der Waals surface area contributed by atoms with Crippen LogP contribution in [-0.2, 0) is 11.2 Å². The van der Waals surface area contributed by atoms with Crippen LogP contribution in [0.25, 0.3) is 10.8 Å². The lowest BCUT2D eigenvalue weighted by Gasteiger charge is -2.28. The highest BCUT2D eigenvalue weighted by atomic mass is 35.5. The molecular formula is C24H22ClN3O3. The van der Waals surface area contributed by atoms with Crippen LogP contribution in [0.4, 0.5) is 5.69 Å². The zero-order chi connectivity index (χ0) is 22.1. The van der Waals surface area contributed by atoms with Gasteiger partial charge in [-0.05, 0) is 55.4 Å². The number of hydrogen-bond acceptors (Lipinski definition) is 4. The van der Waals surface area contributed by atoms with Gasteiger partial charge in [0.15, 0.2) is 0 Å². The fraction of sp³-hybridized carbons (Fsp3) is 0.208. The zero-order valence-corrected chi connectivity index (χ0v) is 18.1. The Labute approximate surface area is 185 Å². The van der Waals surface area contributed by atoms with Gasteiger partial charge in [0.1, 0.15) is 0 Å². The van der Waals surface area contributed by atoms with Crippen molar-refractivity contribution >= 4 is 45.8 Å². The fourth-order valence-corrected chi connectivity index (χ4v) is 3.85. The molecule has 3 amide bonds. The summed E-state index contributed by atoms with van der Waals surface area (Å²) < 4.78 is 0. The van der Waals surface area contributed by atoms with Crippen LogP contribution in [-0.4, -0.2) is 54.7 Å². The molecule has 1 heterocycles. The first-order valence-electron chi connectivity index (χ1n) is 9.95. The Hall–Kier alpha value is -3.22. The van der Waals surface area contributed by atoms with E-state index in [1.807, 2.05) is 25.1 Å². The molecule has 3 aromatic rings. The monoisotopic (exact) mass is 435 g/mol. The van der Waals surface area contributed by atoms with E-state index in [0.717, 1.165) is 10.9 Å². The second-order valence-corrected chi connectivity index (χ2v) is 8.28. The van der Waals surface area contributed by atoms with Gasteiger partial charge in [0, 0.05) is 34.7 Å². The number of nitrogens with zero attached hydrogens (tertiary/aromatic N) is 2. The molecule has 0 aromatic heterocycles. The molecule has 0 spiro atoms. The molecule has 1 N–H and O–H groups in total. The highest BCUT2D eigenvalue weighted by Crippen LogP contribution is 2.32. The summed E-state index contributed by atoms with van der Waals surface area (Å²) >= 11 is 5.90. The largest absolute Gasteiger partial charge is 0.326 e. The zero-order valence-electron chi connectivity index (χ0n) is 17.3. The Bertz CT molecular complexity index is 1190. The van der Waals surface area contributed by atoms with Crippen molar-refractivity contribution in [3.63, 3.8) is 0 Å². The summed E-state index contributed by atoms with van der Waals surface area (Å²) in [4.78, 5) is 41.8. The summed E-state index contributed by atoms with van der Waals surface area (Å²) in [5, 5.41) is 4.86. The third-order valence-corrected chi connectivity index (χ3v) is 5.51. The normalized spacial score (nSPS) is 13.2. The Morgan fingerprint density at radius 1 is 1.00 bits per heavy atom. The number of halogens is 1. The fourth-order valence-electron chi connectivity index (χ4n) is 3.73. The summed E-state index contributed by atoms with van der Waals surface area (Å²) in [5.74, 6) is -0.831. The van der Waals surface area contributed by atoms with Gasteiger partial charge in [0.2, 0.25) is 5.91 Å². The molecule has 0 unspecified atom stereocenters. The lowest BCUT2D eigenvalue weighted by atomic mass is 9.93. The van der Waals surface area contributed by atoms with Crippen LogP contribution in [0.1, 0.15) is 26.3 Å². The second kappa shape index (κ2) is 8.49. The lowest BCUT2D eigenvalue weighted by Crippen LogP contribution is -2.43. The van der Waals surface area contributed by atoms with Crippen LogP contribution in [0.15, 0.2) is 54.6 Å². The highest BCUT2D eigenvalue weighted by Gasteiger charge is 2.33. The maximum atomic E-state index is 13.1. The van der Waals surface area contributed by atoms with Crippen molar-refractivity contribution in [1.29, 1.82) is 0 Å². The molecule has 1 aliphatic rings. The Kier molecular flexibility index (Phi) is 5.76. The quantitative estimate of drug-likeness (QED) is 0.597. The first-order valence-corrected chi connectivity index (χ1v) is 10.3. The van der Waals surface area contributed by atoms with Crippen LogP contribution in [0.5, 0.6) is 0 Å². The van der Waals surface area contributed by atoms with Gasteiger partial charge in [0.25, 0.3) is 11.8 Å². The molecule has 158 valence electrons. The first-order chi connectivity index (χ1) is 14.8. The van der Waals surface area contributed by atoms with Gasteiger partial charge >= 0.3 is 0 Å². The maximum absolute atomic E-state index is 13.1. The van der Waals surface area contributed by atoms with Gasteiger partial charge in [0.05, 0.1) is 12.0 Å². The Morgan fingerprint density at radius 3 is 2.42 bits per heavy atom. The van der Waals surface area contributed by atoms with Crippen molar-refractivity contribution in [2.75, 3.05) is 32.5 Å². The molecule has 7 heteroatoms. The van der Waals surface area contributed by atoms with Crippen molar-refractivity contribution in [2.45, 2.75) is 6.42 Å². The number of hydrogen-bond donors (Lipinski definition) is 1. The SMILES string of the molecule is CN(C)CCN1C(=O)c2cccc3cc(NC(=O)Cc4ccc(Cl)cc4)cc(c23)C1=O. The van der Waals surface area contributed by atoms with Gasteiger partial charge in [-0.2, -0.15) is 0 Å². The third-order valence-electron chi connectivity index (χ3n) is 5.26. The van der Waals surface area contributed by atoms with Crippen LogP contribution in [0.2, 0.25) is 5.02 Å². The summed E-state index contributed by atoms with van der Waals surface area (Å²) in [7, 11) is 3.78. The highest BCUT2D eigenvalue weighted by molar-refractivity contribution is 6.30. The third kappa shape index (κ3) is 4.31. The van der Waals surface area contributed by atoms with Gasteiger partial charge in [-0.3, -0.25) is 19.3 Å². The molecule has 0 bridgehead atoms. The van der Waals surface area contributed by atoms with Gasteiger partial charge in [-0.1, -0.05) is 35.9 Å². The van der Waals surface area contributed by atoms with E-state index >= 15 is 0 Å². The number of carbonyl (C=O) groups is 3. The van der Waals surface area contributed by atoms with E-state index in [4.69, 9.17) is 11.6 Å². The smallest absolute Gasteiger partial charge is 0.261 e. The minimum atomic E-state index is -0.343. The summed E-state index contributed by atoms with van der Waals surface area (Å²) in [5.41, 5.74) is 2.29. The van der Waals surface area contributed by atoms with E-state index in [2.05, 4.69) is 5.32 Å². The van der Waals surface area contributed by atoms with Crippen LogP contribution < -0.4 is 5.32 Å². The van der Waals surface area contributed by atoms with Crippen LogP contribution >= 0.6 is 11.6 Å². The number of rotatable bonds is 6. The number of amides is 3. The molecule has 0 aliphatic carbocycles. The minimum Gasteiger partial charge on any atom is -0.326 e. The number of nitrogens with one attached hydrogen (secondary N) is 1. The van der Waals surface area contributed by atoms with E-state index in [0.29, 0.717) is 40.3 Å². The Morgan fingerprint density at radius 2 is 1.71 bits per heavy atom. The van der Waals surface area contributed by atoms with Gasteiger partial charge in [-0.25, -0.2) is 0 Å². The van der Waals surface area contributed by atoms with Gasteiger partial charge in [-0.15, -0.1) is 0 Å².